The summed E-state index contributed by atoms with van der Waals surface area (Å²) < 4.78 is 0.797. The molecule has 0 aromatic heterocycles. The van der Waals surface area contributed by atoms with Gasteiger partial charge >= 0.3 is 0 Å². The van der Waals surface area contributed by atoms with E-state index in [0.717, 1.165) is 47.5 Å². The minimum absolute atomic E-state index is 0.0208. The van der Waals surface area contributed by atoms with Crippen LogP contribution in [0.15, 0.2) is 70.5 Å². The van der Waals surface area contributed by atoms with Crippen molar-refractivity contribution in [1.29, 1.82) is 0 Å². The van der Waals surface area contributed by atoms with Gasteiger partial charge in [0.15, 0.2) is 0 Å². The largest absolute Gasteiger partial charge is 0.395 e. The SMILES string of the molecule is O=C(CCCCCN1C(=O)/C(=C2\SC(=S)N(CCCCCC(=O)N(CCO)Cc3ccccc3)C2=O)SC1=S)N(CCO)Cc1ccccc1. The minimum Gasteiger partial charge on any atom is -0.395 e. The molecule has 0 aliphatic carbocycles. The van der Waals surface area contributed by atoms with Gasteiger partial charge in [0, 0.05) is 52.1 Å². The summed E-state index contributed by atoms with van der Waals surface area (Å²) in [5.41, 5.74) is 2.01. The van der Waals surface area contributed by atoms with Crippen LogP contribution in [0.5, 0.6) is 0 Å². The van der Waals surface area contributed by atoms with Crippen molar-refractivity contribution >= 4 is 80.2 Å². The number of aliphatic hydroxyl groups is 2. The second kappa shape index (κ2) is 20.6. The van der Waals surface area contributed by atoms with Gasteiger partial charge in [-0.2, -0.15) is 0 Å². The Morgan fingerprint density at radius 1 is 0.600 bits per heavy atom. The molecule has 0 radical (unpaired) electrons. The number of carbonyl (C=O) groups excluding carboxylic acids is 4. The number of aliphatic hydroxyl groups excluding tert-OH is 2. The van der Waals surface area contributed by atoms with Crippen molar-refractivity contribution in [2.24, 2.45) is 0 Å². The number of unbranched alkanes of at least 4 members (excludes halogenated alkanes) is 4. The van der Waals surface area contributed by atoms with Crippen LogP contribution in [-0.2, 0) is 32.3 Å². The van der Waals surface area contributed by atoms with Gasteiger partial charge in [-0.15, -0.1) is 0 Å². The Bertz CT molecular complexity index is 1430. The molecule has 2 saturated heterocycles. The summed E-state index contributed by atoms with van der Waals surface area (Å²) in [5, 5.41) is 18.9. The topological polar surface area (TPSA) is 122 Å². The molecule has 10 nitrogen and oxygen atoms in total. The fourth-order valence-corrected chi connectivity index (χ4v) is 8.42. The van der Waals surface area contributed by atoms with Crippen LogP contribution < -0.4 is 0 Å². The van der Waals surface area contributed by atoms with E-state index in [9.17, 15) is 29.4 Å². The molecule has 0 unspecified atom stereocenters. The number of benzene rings is 2. The van der Waals surface area contributed by atoms with Crippen LogP contribution in [0, 0.1) is 0 Å². The van der Waals surface area contributed by atoms with Crippen molar-refractivity contribution < 1.29 is 29.4 Å². The van der Waals surface area contributed by atoms with E-state index in [1.807, 2.05) is 60.7 Å². The van der Waals surface area contributed by atoms with Crippen molar-refractivity contribution in [3.8, 4) is 0 Å². The summed E-state index contributed by atoms with van der Waals surface area (Å²) >= 11 is 13.2. The van der Waals surface area contributed by atoms with E-state index in [0.29, 0.717) is 83.2 Å². The van der Waals surface area contributed by atoms with Crippen molar-refractivity contribution in [2.45, 2.75) is 64.5 Å². The second-order valence-electron chi connectivity index (χ2n) is 12.0. The van der Waals surface area contributed by atoms with Crippen LogP contribution in [-0.4, -0.2) is 101 Å². The average Bonchev–Trinajstić information content (AvgIpc) is 3.56. The van der Waals surface area contributed by atoms with Gasteiger partial charge in [0.05, 0.1) is 23.0 Å². The van der Waals surface area contributed by atoms with Gasteiger partial charge in [-0.25, -0.2) is 0 Å². The lowest BCUT2D eigenvalue weighted by atomic mass is 10.1. The first-order valence-corrected chi connectivity index (χ1v) is 19.3. The number of thioether (sulfide) groups is 2. The Hall–Kier alpha value is -3.14. The summed E-state index contributed by atoms with van der Waals surface area (Å²) in [6.07, 6.45) is 4.73. The Morgan fingerprint density at radius 3 is 1.34 bits per heavy atom. The smallest absolute Gasteiger partial charge is 0.267 e. The van der Waals surface area contributed by atoms with Crippen LogP contribution in [0.2, 0.25) is 0 Å². The third-order valence-electron chi connectivity index (χ3n) is 8.33. The van der Waals surface area contributed by atoms with Gasteiger partial charge in [-0.1, -0.05) is 121 Å². The van der Waals surface area contributed by atoms with E-state index in [4.69, 9.17) is 24.4 Å². The van der Waals surface area contributed by atoms with Gasteiger partial charge < -0.3 is 20.0 Å². The van der Waals surface area contributed by atoms with Crippen LogP contribution >= 0.6 is 48.0 Å². The van der Waals surface area contributed by atoms with E-state index < -0.39 is 0 Å². The molecule has 0 saturated carbocycles. The number of hydrogen-bond donors (Lipinski definition) is 2. The van der Waals surface area contributed by atoms with Crippen molar-refractivity contribution in [1.82, 2.24) is 19.6 Å². The molecule has 2 aliphatic heterocycles. The van der Waals surface area contributed by atoms with E-state index in [2.05, 4.69) is 0 Å². The van der Waals surface area contributed by atoms with E-state index >= 15 is 0 Å². The molecule has 0 atom stereocenters. The van der Waals surface area contributed by atoms with Gasteiger partial charge in [-0.05, 0) is 36.8 Å². The molecular formula is C36H44N4O6S4. The van der Waals surface area contributed by atoms with Gasteiger partial charge in [0.1, 0.15) is 8.64 Å². The van der Waals surface area contributed by atoms with E-state index in [1.165, 1.54) is 9.80 Å². The highest BCUT2D eigenvalue weighted by molar-refractivity contribution is 8.29. The first-order valence-electron chi connectivity index (χ1n) is 16.9. The highest BCUT2D eigenvalue weighted by Gasteiger charge is 2.41. The van der Waals surface area contributed by atoms with Gasteiger partial charge in [-0.3, -0.25) is 29.0 Å². The number of amides is 4. The standard InChI is InChI=1S/C36H44N4O6S4/c41-23-21-37(25-27-13-5-1-6-14-27)29(43)17-9-3-11-19-39-33(45)31(49-35(39)47)32-34(46)40(36(48)50-32)20-12-4-10-18-30(44)38(22-24-42)26-28-15-7-2-8-16-28/h1-2,5-8,13-16,41-42H,3-4,9-12,17-26H2/b32-31+. The maximum atomic E-state index is 13.3. The maximum absolute atomic E-state index is 13.3. The third-order valence-corrected chi connectivity index (χ3v) is 11.4. The molecule has 4 rings (SSSR count). The Labute approximate surface area is 313 Å². The van der Waals surface area contributed by atoms with Crippen LogP contribution in [0.25, 0.3) is 0 Å². The number of rotatable bonds is 20. The Morgan fingerprint density at radius 2 is 0.980 bits per heavy atom. The lowest BCUT2D eigenvalue weighted by Gasteiger charge is -2.22. The molecule has 2 aromatic rings. The first kappa shape index (κ1) is 39.6. The fraction of sp³-hybridized carbons (Fsp3) is 0.444. The van der Waals surface area contributed by atoms with Crippen LogP contribution in [0.1, 0.15) is 62.5 Å². The van der Waals surface area contributed by atoms with Crippen molar-refractivity contribution in [2.75, 3.05) is 39.4 Å². The molecule has 2 aromatic carbocycles. The number of thiocarbonyl (C=S) groups is 2. The Kier molecular flexibility index (Phi) is 16.4. The van der Waals surface area contributed by atoms with Gasteiger partial charge in [0.25, 0.3) is 11.8 Å². The fourth-order valence-electron chi connectivity index (χ4n) is 5.65. The predicted octanol–water partition coefficient (Wildman–Crippen LogP) is 5.08. The minimum atomic E-state index is -0.296. The van der Waals surface area contributed by atoms with Gasteiger partial charge in [0.2, 0.25) is 11.8 Å². The summed E-state index contributed by atoms with van der Waals surface area (Å²) in [5.74, 6) is -0.634. The maximum Gasteiger partial charge on any atom is 0.267 e. The molecule has 2 heterocycles. The average molecular weight is 757 g/mol. The monoisotopic (exact) mass is 756 g/mol. The molecule has 4 amide bonds. The number of carbonyl (C=O) groups is 4. The summed E-state index contributed by atoms with van der Waals surface area (Å²) in [4.78, 5) is 59.3. The third kappa shape index (κ3) is 11.4. The van der Waals surface area contributed by atoms with Crippen molar-refractivity contribution in [3.05, 3.63) is 81.6 Å². The highest BCUT2D eigenvalue weighted by Crippen LogP contribution is 2.42. The zero-order valence-corrected chi connectivity index (χ0v) is 31.3. The normalized spacial score (nSPS) is 16.1. The number of nitrogens with zero attached hydrogens (tertiary/aromatic N) is 4. The molecule has 14 heteroatoms. The quantitative estimate of drug-likeness (QED) is 0.108. The lowest BCUT2D eigenvalue weighted by molar-refractivity contribution is -0.133. The molecular weight excluding hydrogens is 713 g/mol. The van der Waals surface area contributed by atoms with Crippen molar-refractivity contribution in [3.63, 3.8) is 0 Å². The summed E-state index contributed by atoms with van der Waals surface area (Å²) in [6.45, 7) is 2.04. The first-order chi connectivity index (χ1) is 24.2. The lowest BCUT2D eigenvalue weighted by Crippen LogP contribution is -2.33. The summed E-state index contributed by atoms with van der Waals surface area (Å²) in [7, 11) is 0. The molecule has 50 heavy (non-hydrogen) atoms. The van der Waals surface area contributed by atoms with Crippen LogP contribution in [0.4, 0.5) is 0 Å². The zero-order chi connectivity index (χ0) is 35.9. The molecule has 2 aliphatic rings. The molecule has 268 valence electrons. The molecule has 2 fully saturated rings. The van der Waals surface area contributed by atoms with E-state index in [-0.39, 0.29) is 49.9 Å². The number of hydrogen-bond acceptors (Lipinski definition) is 10. The second-order valence-corrected chi connectivity index (χ2v) is 15.3. The molecule has 0 bridgehead atoms. The Balaban J connectivity index is 1.19. The van der Waals surface area contributed by atoms with E-state index in [1.54, 1.807) is 9.80 Å². The summed E-state index contributed by atoms with van der Waals surface area (Å²) in [6, 6.07) is 19.3. The highest BCUT2D eigenvalue weighted by atomic mass is 32.2. The predicted molar refractivity (Wildman–Crippen MR) is 206 cm³/mol. The molecule has 2 N–H and O–H groups in total. The van der Waals surface area contributed by atoms with Crippen LogP contribution in [0.3, 0.4) is 0 Å². The molecule has 0 spiro atoms. The zero-order valence-electron chi connectivity index (χ0n) is 28.0.